The first-order chi connectivity index (χ1) is 13.4. The van der Waals surface area contributed by atoms with Gasteiger partial charge in [-0.05, 0) is 53.8 Å². The molecule has 0 bridgehead atoms. The fraction of sp³-hybridized carbons (Fsp3) is 0.294. The first-order valence-electron chi connectivity index (χ1n) is 8.39. The van der Waals surface area contributed by atoms with Crippen molar-refractivity contribution in [2.24, 2.45) is 0 Å². The number of benzene rings is 1. The minimum Gasteiger partial charge on any atom is -0.391 e. The summed E-state index contributed by atoms with van der Waals surface area (Å²) >= 11 is 3.34. The molecule has 0 aliphatic rings. The predicted molar refractivity (Wildman–Crippen MR) is 118 cm³/mol. The van der Waals surface area contributed by atoms with Gasteiger partial charge in [0.1, 0.15) is 11.6 Å². The average molecular weight is 489 g/mol. The molecule has 0 saturated heterocycles. The monoisotopic (exact) mass is 488 g/mol. The van der Waals surface area contributed by atoms with Gasteiger partial charge in [-0.15, -0.1) is 0 Å². The van der Waals surface area contributed by atoms with Crippen molar-refractivity contribution < 1.29 is 18.5 Å². The van der Waals surface area contributed by atoms with Crippen molar-refractivity contribution in [1.82, 2.24) is 14.7 Å². The van der Waals surface area contributed by atoms with Crippen molar-refractivity contribution in [2.45, 2.75) is 26.0 Å². The van der Waals surface area contributed by atoms with Gasteiger partial charge in [0.15, 0.2) is 0 Å². The molecule has 2 amide bonds. The van der Waals surface area contributed by atoms with Crippen molar-refractivity contribution in [3.63, 3.8) is 0 Å². The molecule has 2 rings (SSSR count). The quantitative estimate of drug-likeness (QED) is 0.379. The van der Waals surface area contributed by atoms with Gasteiger partial charge in [0.25, 0.3) is 0 Å². The van der Waals surface area contributed by atoms with Crippen LogP contribution in [0.5, 0.6) is 0 Å². The number of urea groups is 1. The summed E-state index contributed by atoms with van der Waals surface area (Å²) in [6.07, 6.45) is 2.17. The van der Waals surface area contributed by atoms with Crippen LogP contribution in [-0.4, -0.2) is 49.6 Å². The summed E-state index contributed by atoms with van der Waals surface area (Å²) in [6.45, 7) is 3.45. The van der Waals surface area contributed by atoms with E-state index in [0.29, 0.717) is 16.0 Å². The Balaban J connectivity index is 2.19. The molecule has 1 unspecified atom stereocenters. The zero-order valence-electron chi connectivity index (χ0n) is 16.0. The van der Waals surface area contributed by atoms with Crippen molar-refractivity contribution in [3.05, 3.63) is 34.7 Å². The van der Waals surface area contributed by atoms with Crippen molar-refractivity contribution in [2.75, 3.05) is 22.2 Å². The predicted octanol–water partition coefficient (Wildman–Crippen LogP) is 2.69. The van der Waals surface area contributed by atoms with Crippen molar-refractivity contribution >= 4 is 60.7 Å². The second-order valence-electron chi connectivity index (χ2n) is 6.44. The van der Waals surface area contributed by atoms with Gasteiger partial charge in [0.05, 0.1) is 22.3 Å². The van der Waals surface area contributed by atoms with E-state index in [1.165, 1.54) is 24.6 Å². The van der Waals surface area contributed by atoms with Crippen LogP contribution in [0.25, 0.3) is 0 Å². The molecule has 0 radical (unpaired) electrons. The first kappa shape index (κ1) is 22.8. The Labute approximate surface area is 176 Å². The lowest BCUT2D eigenvalue weighted by Gasteiger charge is -2.18. The van der Waals surface area contributed by atoms with Gasteiger partial charge < -0.3 is 21.1 Å². The lowest BCUT2D eigenvalue weighted by molar-refractivity contribution is 0.177. The van der Waals surface area contributed by atoms with Crippen LogP contribution < -0.4 is 20.7 Å². The number of nitrogens with one attached hydrogen (secondary N) is 4. The summed E-state index contributed by atoms with van der Waals surface area (Å²) in [6, 6.07) is 2.84. The Morgan fingerprint density at radius 1 is 1.38 bits per heavy atom. The summed E-state index contributed by atoms with van der Waals surface area (Å²) in [4.78, 5) is 20.3. The first-order valence-corrected chi connectivity index (χ1v) is 11.3. The van der Waals surface area contributed by atoms with Crippen LogP contribution >= 0.6 is 15.9 Å². The number of aliphatic hydroxyl groups is 1. The van der Waals surface area contributed by atoms with Crippen molar-refractivity contribution in [3.8, 4) is 0 Å². The summed E-state index contributed by atoms with van der Waals surface area (Å²) in [5, 5.41) is 17.9. The molecule has 158 valence electrons. The van der Waals surface area contributed by atoms with E-state index in [4.69, 9.17) is 0 Å². The summed E-state index contributed by atoms with van der Waals surface area (Å²) in [5.41, 5.74) is 0.278. The number of hydrogen-bond acceptors (Lipinski definition) is 7. The van der Waals surface area contributed by atoms with Crippen LogP contribution in [0.15, 0.2) is 28.9 Å². The zero-order valence-corrected chi connectivity index (χ0v) is 18.4. The largest absolute Gasteiger partial charge is 0.391 e. The van der Waals surface area contributed by atoms with Gasteiger partial charge >= 0.3 is 6.03 Å². The number of carbonyl (C=O) groups is 1. The lowest BCUT2D eigenvalue weighted by atomic mass is 10.2. The highest BCUT2D eigenvalue weighted by molar-refractivity contribution is 9.10. The number of aromatic nitrogens is 2. The lowest BCUT2D eigenvalue weighted by Crippen LogP contribution is -2.33. The van der Waals surface area contributed by atoms with Gasteiger partial charge in [-0.1, -0.05) is 0 Å². The fourth-order valence-corrected chi connectivity index (χ4v) is 2.79. The van der Waals surface area contributed by atoms with E-state index in [9.17, 15) is 18.5 Å². The average Bonchev–Trinajstić information content (AvgIpc) is 2.59. The third-order valence-electron chi connectivity index (χ3n) is 3.61. The Morgan fingerprint density at radius 2 is 2.07 bits per heavy atom. The third-order valence-corrected chi connectivity index (χ3v) is 4.81. The second-order valence-corrected chi connectivity index (χ2v) is 9.51. The highest BCUT2D eigenvalue weighted by Gasteiger charge is 2.14. The smallest absolute Gasteiger partial charge is 0.330 e. The molecule has 9 nitrogen and oxygen atoms in total. The molecule has 1 aromatic heterocycles. The minimum absolute atomic E-state index is 0.130. The molecule has 5 N–H and O–H groups in total. The third kappa shape index (κ3) is 7.15. The molecule has 1 aromatic carbocycles. The summed E-state index contributed by atoms with van der Waals surface area (Å²) < 4.78 is 28.3. The normalized spacial score (nSPS) is 15.0. The number of halogens is 2. The van der Waals surface area contributed by atoms with Crippen molar-refractivity contribution in [1.29, 1.82) is 0 Å². The number of nitrogens with zero attached hydrogens (tertiary/aromatic N) is 2. The number of rotatable bonds is 7. The van der Waals surface area contributed by atoms with Gasteiger partial charge in [-0.25, -0.2) is 18.4 Å². The van der Waals surface area contributed by atoms with E-state index in [1.54, 1.807) is 13.8 Å². The van der Waals surface area contributed by atoms with Crippen LogP contribution in [0.2, 0.25) is 0 Å². The molecule has 0 fully saturated rings. The maximum Gasteiger partial charge on any atom is 0.330 e. The molecule has 3 atom stereocenters. The molecule has 29 heavy (non-hydrogen) atoms. The molecule has 12 heteroatoms. The van der Waals surface area contributed by atoms with Gasteiger partial charge in [0.2, 0.25) is 5.95 Å². The Morgan fingerprint density at radius 3 is 2.69 bits per heavy atom. The van der Waals surface area contributed by atoms with Gasteiger partial charge in [-0.2, -0.15) is 4.98 Å². The standard InChI is InChI=1S/C17H22BrFN6O3S/c1-9(10(2)26)21-15-12(18)8-20-16(24-15)22-11-5-6-13(19)14(7-11)23-17(27)25-29(3,4)28/h5-10,26H,3H2,1-2,4H3,(H2,20,21,22,24)(H2,23,25,27,28)/t9-,10-,29?/m1/s1. The minimum atomic E-state index is -2.79. The van der Waals surface area contributed by atoms with E-state index in [1.807, 2.05) is 0 Å². The number of carbonyl (C=O) groups excluding carboxylic acids is 1. The van der Waals surface area contributed by atoms with E-state index in [-0.39, 0.29) is 17.7 Å². The van der Waals surface area contributed by atoms with Crippen LogP contribution in [0, 0.1) is 5.82 Å². The number of hydrogen-bond donors (Lipinski definition) is 5. The van der Waals surface area contributed by atoms with Gasteiger partial charge in [0, 0.05) is 27.8 Å². The summed E-state index contributed by atoms with van der Waals surface area (Å²) in [5.74, 6) is 3.30. The molecular formula is C17H22BrFN6O3S. The van der Waals surface area contributed by atoms with Crippen LogP contribution in [0.1, 0.15) is 13.8 Å². The maximum absolute atomic E-state index is 14.0. The van der Waals surface area contributed by atoms with E-state index in [2.05, 4.69) is 52.4 Å². The Kier molecular flexibility index (Phi) is 7.38. The van der Waals surface area contributed by atoms with Crippen LogP contribution in [-0.2, 0) is 9.71 Å². The summed E-state index contributed by atoms with van der Waals surface area (Å²) in [7, 11) is -2.79. The Hall–Kier alpha value is -2.44. The highest BCUT2D eigenvalue weighted by atomic mass is 79.9. The number of aliphatic hydroxyl groups excluding tert-OH is 1. The highest BCUT2D eigenvalue weighted by Crippen LogP contribution is 2.25. The zero-order chi connectivity index (χ0) is 21.8. The fourth-order valence-electron chi connectivity index (χ4n) is 2.04. The van der Waals surface area contributed by atoms with Crippen LogP contribution in [0.4, 0.5) is 32.3 Å². The Bertz CT molecular complexity index is 1000. The number of anilines is 4. The molecule has 0 spiro atoms. The second kappa shape index (κ2) is 9.37. The van der Waals surface area contributed by atoms with Crippen LogP contribution in [0.3, 0.4) is 0 Å². The molecular weight excluding hydrogens is 467 g/mol. The van der Waals surface area contributed by atoms with E-state index < -0.39 is 27.7 Å². The van der Waals surface area contributed by atoms with E-state index in [0.717, 1.165) is 6.07 Å². The molecule has 1 heterocycles. The molecule has 0 aliphatic heterocycles. The van der Waals surface area contributed by atoms with Gasteiger partial charge in [-0.3, -0.25) is 4.72 Å². The topological polar surface area (TPSA) is 128 Å². The molecule has 0 saturated carbocycles. The maximum atomic E-state index is 14.0. The van der Waals surface area contributed by atoms with E-state index >= 15 is 0 Å². The number of amides is 2. The molecule has 0 aliphatic carbocycles. The molecule has 2 aromatic rings. The SMILES string of the molecule is C=S(C)(=O)NC(=O)Nc1cc(Nc2ncc(Br)c(N[C@H](C)[C@@H](C)O)n2)ccc1F.